The highest BCUT2D eigenvalue weighted by Crippen LogP contribution is 2.30. The van der Waals surface area contributed by atoms with Crippen LogP contribution < -0.4 is 4.74 Å². The van der Waals surface area contributed by atoms with Gasteiger partial charge in [0, 0.05) is 5.92 Å². The maximum absolute atomic E-state index is 11.4. The van der Waals surface area contributed by atoms with Crippen molar-refractivity contribution >= 4 is 5.78 Å². The number of carbonyl (C=O) groups is 1. The van der Waals surface area contributed by atoms with Crippen LogP contribution in [0, 0.1) is 5.92 Å². The fourth-order valence-corrected chi connectivity index (χ4v) is 2.03. The first-order chi connectivity index (χ1) is 7.60. The normalized spacial score (nSPS) is 14.2. The number of hydrogen-bond acceptors (Lipinski definition) is 2. The van der Waals surface area contributed by atoms with E-state index in [2.05, 4.69) is 13.0 Å². The molecule has 0 spiro atoms. The summed E-state index contributed by atoms with van der Waals surface area (Å²) in [6, 6.07) is 7.99. The maximum Gasteiger partial charge on any atom is 0.133 e. The van der Waals surface area contributed by atoms with Gasteiger partial charge in [-0.3, -0.25) is 4.79 Å². The van der Waals surface area contributed by atoms with Gasteiger partial charge in [-0.15, -0.1) is 0 Å². The van der Waals surface area contributed by atoms with Crippen molar-refractivity contribution in [3.05, 3.63) is 29.8 Å². The summed E-state index contributed by atoms with van der Waals surface area (Å²) in [5.74, 6) is 1.45. The largest absolute Gasteiger partial charge is 0.497 e. The van der Waals surface area contributed by atoms with E-state index in [1.807, 2.05) is 25.1 Å². The van der Waals surface area contributed by atoms with Crippen LogP contribution in [0.5, 0.6) is 5.75 Å². The highest BCUT2D eigenvalue weighted by Gasteiger charge is 2.21. The molecule has 0 saturated carbocycles. The van der Waals surface area contributed by atoms with Crippen molar-refractivity contribution in [2.24, 2.45) is 5.92 Å². The number of benzene rings is 1. The molecule has 88 valence electrons. The van der Waals surface area contributed by atoms with E-state index >= 15 is 0 Å². The minimum atomic E-state index is 0.0668. The van der Waals surface area contributed by atoms with Crippen molar-refractivity contribution in [1.82, 2.24) is 0 Å². The predicted octanol–water partition coefficient (Wildman–Crippen LogP) is 3.41. The monoisotopic (exact) mass is 220 g/mol. The quantitative estimate of drug-likeness (QED) is 0.760. The molecule has 0 aliphatic heterocycles. The van der Waals surface area contributed by atoms with E-state index in [9.17, 15) is 4.79 Å². The lowest BCUT2D eigenvalue weighted by Crippen LogP contribution is -2.16. The van der Waals surface area contributed by atoms with Gasteiger partial charge < -0.3 is 4.74 Å². The molecule has 0 aliphatic carbocycles. The molecule has 16 heavy (non-hydrogen) atoms. The van der Waals surface area contributed by atoms with E-state index in [0.717, 1.165) is 12.2 Å². The number of ketones is 1. The summed E-state index contributed by atoms with van der Waals surface area (Å²) in [4.78, 5) is 11.4. The summed E-state index contributed by atoms with van der Waals surface area (Å²) >= 11 is 0. The van der Waals surface area contributed by atoms with Crippen LogP contribution in [0.1, 0.15) is 38.7 Å². The molecule has 0 radical (unpaired) electrons. The Kier molecular flexibility index (Phi) is 4.53. The second-order valence-corrected chi connectivity index (χ2v) is 4.19. The number of carbonyl (C=O) groups excluding carboxylic acids is 1. The first-order valence-corrected chi connectivity index (χ1v) is 5.74. The lowest BCUT2D eigenvalue weighted by atomic mass is 9.83. The molecule has 0 bridgehead atoms. The van der Waals surface area contributed by atoms with E-state index in [0.29, 0.717) is 0 Å². The molecule has 1 aromatic carbocycles. The topological polar surface area (TPSA) is 26.3 Å². The standard InChI is InChI=1S/C14H20O2/c1-5-14(10(2)11(3)15)12-7-6-8-13(9-12)16-4/h6-10,14H,5H2,1-4H3. The Bertz CT molecular complexity index is 358. The molecule has 2 atom stereocenters. The molecule has 2 nitrogen and oxygen atoms in total. The Morgan fingerprint density at radius 2 is 2.12 bits per heavy atom. The number of Topliss-reactive ketones (excluding diaryl/α,β-unsaturated/α-hetero) is 1. The van der Waals surface area contributed by atoms with Crippen molar-refractivity contribution in [2.75, 3.05) is 7.11 Å². The number of methoxy groups -OCH3 is 1. The number of ether oxygens (including phenoxy) is 1. The van der Waals surface area contributed by atoms with Gasteiger partial charge in [0.2, 0.25) is 0 Å². The highest BCUT2D eigenvalue weighted by atomic mass is 16.5. The first kappa shape index (κ1) is 12.8. The van der Waals surface area contributed by atoms with Crippen LogP contribution in [0.3, 0.4) is 0 Å². The molecule has 0 saturated heterocycles. The zero-order valence-electron chi connectivity index (χ0n) is 10.5. The second kappa shape index (κ2) is 5.69. The molecule has 0 fully saturated rings. The van der Waals surface area contributed by atoms with Crippen molar-refractivity contribution in [3.63, 3.8) is 0 Å². The van der Waals surface area contributed by atoms with E-state index in [-0.39, 0.29) is 17.6 Å². The van der Waals surface area contributed by atoms with Crippen LogP contribution in [-0.2, 0) is 4.79 Å². The molecular formula is C14H20O2. The van der Waals surface area contributed by atoms with Gasteiger partial charge in [0.1, 0.15) is 11.5 Å². The zero-order valence-corrected chi connectivity index (χ0v) is 10.5. The third-order valence-corrected chi connectivity index (χ3v) is 3.21. The summed E-state index contributed by atoms with van der Waals surface area (Å²) in [7, 11) is 1.66. The predicted molar refractivity (Wildman–Crippen MR) is 65.9 cm³/mol. The average Bonchev–Trinajstić information content (AvgIpc) is 2.30. The maximum atomic E-state index is 11.4. The fourth-order valence-electron chi connectivity index (χ4n) is 2.03. The Balaban J connectivity index is 2.98. The Hall–Kier alpha value is -1.31. The van der Waals surface area contributed by atoms with E-state index in [4.69, 9.17) is 4.74 Å². The third kappa shape index (κ3) is 2.84. The molecule has 1 aromatic rings. The van der Waals surface area contributed by atoms with Gasteiger partial charge in [-0.1, -0.05) is 26.0 Å². The molecule has 0 heterocycles. The molecule has 0 N–H and O–H groups in total. The van der Waals surface area contributed by atoms with Gasteiger partial charge in [0.25, 0.3) is 0 Å². The fraction of sp³-hybridized carbons (Fsp3) is 0.500. The van der Waals surface area contributed by atoms with Crippen LogP contribution in [-0.4, -0.2) is 12.9 Å². The molecule has 0 aromatic heterocycles. The number of rotatable bonds is 5. The van der Waals surface area contributed by atoms with Gasteiger partial charge in [0.05, 0.1) is 7.11 Å². The summed E-state index contributed by atoms with van der Waals surface area (Å²) in [5.41, 5.74) is 1.18. The zero-order chi connectivity index (χ0) is 12.1. The first-order valence-electron chi connectivity index (χ1n) is 5.74. The molecule has 2 unspecified atom stereocenters. The average molecular weight is 220 g/mol. The van der Waals surface area contributed by atoms with Crippen LogP contribution in [0.15, 0.2) is 24.3 Å². The Morgan fingerprint density at radius 3 is 2.62 bits per heavy atom. The van der Waals surface area contributed by atoms with Crippen LogP contribution in [0.2, 0.25) is 0 Å². The van der Waals surface area contributed by atoms with Crippen LogP contribution in [0.25, 0.3) is 0 Å². The van der Waals surface area contributed by atoms with Gasteiger partial charge in [-0.25, -0.2) is 0 Å². The molecular weight excluding hydrogens is 200 g/mol. The summed E-state index contributed by atoms with van der Waals surface area (Å²) in [5, 5.41) is 0. The van der Waals surface area contributed by atoms with E-state index in [1.54, 1.807) is 14.0 Å². The molecule has 0 amide bonds. The summed E-state index contributed by atoms with van der Waals surface area (Å²) in [6.45, 7) is 5.77. The highest BCUT2D eigenvalue weighted by molar-refractivity contribution is 5.79. The Labute approximate surface area is 97.6 Å². The number of hydrogen-bond donors (Lipinski definition) is 0. The lowest BCUT2D eigenvalue weighted by molar-refractivity contribution is -0.120. The van der Waals surface area contributed by atoms with E-state index in [1.165, 1.54) is 5.56 Å². The minimum Gasteiger partial charge on any atom is -0.497 e. The molecule has 1 rings (SSSR count). The smallest absolute Gasteiger partial charge is 0.133 e. The van der Waals surface area contributed by atoms with E-state index < -0.39 is 0 Å². The SMILES string of the molecule is CCC(c1cccc(OC)c1)C(C)C(C)=O. The van der Waals surface area contributed by atoms with Crippen molar-refractivity contribution < 1.29 is 9.53 Å². The van der Waals surface area contributed by atoms with Crippen LogP contribution in [0.4, 0.5) is 0 Å². The van der Waals surface area contributed by atoms with Crippen molar-refractivity contribution in [1.29, 1.82) is 0 Å². The summed E-state index contributed by atoms with van der Waals surface area (Å²) in [6.07, 6.45) is 0.966. The van der Waals surface area contributed by atoms with Gasteiger partial charge >= 0.3 is 0 Å². The second-order valence-electron chi connectivity index (χ2n) is 4.19. The minimum absolute atomic E-state index is 0.0668. The molecule has 0 aliphatic rings. The van der Waals surface area contributed by atoms with Gasteiger partial charge in [-0.05, 0) is 37.0 Å². The van der Waals surface area contributed by atoms with Crippen LogP contribution >= 0.6 is 0 Å². The Morgan fingerprint density at radius 1 is 1.44 bits per heavy atom. The third-order valence-electron chi connectivity index (χ3n) is 3.21. The van der Waals surface area contributed by atoms with Gasteiger partial charge in [0.15, 0.2) is 0 Å². The van der Waals surface area contributed by atoms with Crippen molar-refractivity contribution in [3.8, 4) is 5.75 Å². The lowest BCUT2D eigenvalue weighted by Gasteiger charge is -2.21. The van der Waals surface area contributed by atoms with Crippen molar-refractivity contribution in [2.45, 2.75) is 33.1 Å². The van der Waals surface area contributed by atoms with Gasteiger partial charge in [-0.2, -0.15) is 0 Å². The molecule has 2 heteroatoms. The summed E-state index contributed by atoms with van der Waals surface area (Å²) < 4.78 is 5.20.